The lowest BCUT2D eigenvalue weighted by molar-refractivity contribution is 0.630. The van der Waals surface area contributed by atoms with Crippen LogP contribution in [-0.2, 0) is 6.42 Å². The molecule has 0 aliphatic heterocycles. The number of hydrogen-bond acceptors (Lipinski definition) is 5. The molecule has 0 aliphatic carbocycles. The molecule has 0 saturated heterocycles. The van der Waals surface area contributed by atoms with Crippen LogP contribution in [-0.4, -0.2) is 15.5 Å². The van der Waals surface area contributed by atoms with Crippen molar-refractivity contribution in [3.8, 4) is 0 Å². The van der Waals surface area contributed by atoms with E-state index in [2.05, 4.69) is 60.4 Å². The van der Waals surface area contributed by atoms with Gasteiger partial charge in [-0.1, -0.05) is 19.1 Å². The van der Waals surface area contributed by atoms with Gasteiger partial charge in [0.25, 0.3) is 0 Å². The molecule has 0 radical (unpaired) electrons. The second-order valence-corrected chi connectivity index (χ2v) is 6.04. The minimum absolute atomic E-state index is 0.109. The monoisotopic (exact) mass is 285 g/mol. The number of hydrogen-bond donors (Lipinski definition) is 3. The molecule has 1 heterocycles. The Kier molecular flexibility index (Phi) is 4.31. The Labute approximate surface area is 126 Å². The first-order valence-corrected chi connectivity index (χ1v) is 7.13. The van der Waals surface area contributed by atoms with Gasteiger partial charge in [0.1, 0.15) is 12.0 Å². The zero-order chi connectivity index (χ0) is 15.5. The van der Waals surface area contributed by atoms with Gasteiger partial charge in [0.2, 0.25) is 0 Å². The smallest absolute Gasteiger partial charge is 0.159 e. The first-order valence-electron chi connectivity index (χ1n) is 7.13. The molecule has 1 aromatic heterocycles. The number of nitrogen functional groups attached to an aromatic ring is 1. The van der Waals surface area contributed by atoms with Crippen molar-refractivity contribution < 1.29 is 0 Å². The van der Waals surface area contributed by atoms with E-state index in [-0.39, 0.29) is 5.54 Å². The highest BCUT2D eigenvalue weighted by Gasteiger charge is 2.15. The zero-order valence-electron chi connectivity index (χ0n) is 13.1. The van der Waals surface area contributed by atoms with Gasteiger partial charge in [0.15, 0.2) is 11.6 Å². The molecule has 0 fully saturated rings. The maximum Gasteiger partial charge on any atom is 0.159 e. The summed E-state index contributed by atoms with van der Waals surface area (Å²) in [5, 5.41) is 6.51. The number of aryl methyl sites for hydroxylation is 1. The van der Waals surface area contributed by atoms with Gasteiger partial charge in [-0.05, 0) is 44.9 Å². The highest BCUT2D eigenvalue weighted by Crippen LogP contribution is 2.27. The SMILES string of the molecule is CCc1ccc(Nc2ncnc(NC(C)(C)C)c2N)cc1. The summed E-state index contributed by atoms with van der Waals surface area (Å²) in [5.74, 6) is 1.26. The molecule has 0 unspecified atom stereocenters. The number of nitrogens with two attached hydrogens (primary N) is 1. The van der Waals surface area contributed by atoms with E-state index < -0.39 is 0 Å². The van der Waals surface area contributed by atoms with Crippen LogP contribution in [0.1, 0.15) is 33.3 Å². The molecule has 0 spiro atoms. The van der Waals surface area contributed by atoms with Crippen LogP contribution in [0, 0.1) is 0 Å². The number of nitrogens with zero attached hydrogens (tertiary/aromatic N) is 2. The van der Waals surface area contributed by atoms with E-state index in [0.717, 1.165) is 12.1 Å². The third-order valence-electron chi connectivity index (χ3n) is 3.00. The summed E-state index contributed by atoms with van der Waals surface area (Å²) in [4.78, 5) is 8.43. The third-order valence-corrected chi connectivity index (χ3v) is 3.00. The molecule has 0 saturated carbocycles. The molecule has 4 N–H and O–H groups in total. The first kappa shape index (κ1) is 15.1. The van der Waals surface area contributed by atoms with Crippen molar-refractivity contribution in [3.63, 3.8) is 0 Å². The van der Waals surface area contributed by atoms with E-state index in [9.17, 15) is 0 Å². The number of benzene rings is 1. The minimum Gasteiger partial charge on any atom is -0.393 e. The van der Waals surface area contributed by atoms with Crippen LogP contribution in [0.5, 0.6) is 0 Å². The average Bonchev–Trinajstić information content (AvgIpc) is 2.43. The molecular formula is C16H23N5. The molecule has 1 aromatic carbocycles. The Morgan fingerprint density at radius 2 is 1.67 bits per heavy atom. The highest BCUT2D eigenvalue weighted by atomic mass is 15.1. The molecule has 0 aliphatic rings. The molecule has 5 heteroatoms. The molecule has 0 bridgehead atoms. The Morgan fingerprint density at radius 3 is 2.24 bits per heavy atom. The maximum atomic E-state index is 6.14. The summed E-state index contributed by atoms with van der Waals surface area (Å²) in [6.07, 6.45) is 2.53. The van der Waals surface area contributed by atoms with Crippen LogP contribution in [0.3, 0.4) is 0 Å². The Hall–Kier alpha value is -2.30. The van der Waals surface area contributed by atoms with Crippen molar-refractivity contribution in [2.24, 2.45) is 0 Å². The Morgan fingerprint density at radius 1 is 1.05 bits per heavy atom. The topological polar surface area (TPSA) is 75.9 Å². The summed E-state index contributed by atoms with van der Waals surface area (Å²) in [7, 11) is 0. The van der Waals surface area contributed by atoms with Crippen LogP contribution in [0.4, 0.5) is 23.0 Å². The summed E-state index contributed by atoms with van der Waals surface area (Å²) < 4.78 is 0. The highest BCUT2D eigenvalue weighted by molar-refractivity contribution is 5.77. The van der Waals surface area contributed by atoms with Gasteiger partial charge in [-0.3, -0.25) is 0 Å². The van der Waals surface area contributed by atoms with Crippen molar-refractivity contribution >= 4 is 23.0 Å². The van der Waals surface area contributed by atoms with Crippen LogP contribution >= 0.6 is 0 Å². The van der Waals surface area contributed by atoms with Gasteiger partial charge in [0.05, 0.1) is 0 Å². The maximum absolute atomic E-state index is 6.14. The molecule has 21 heavy (non-hydrogen) atoms. The van der Waals surface area contributed by atoms with Crippen LogP contribution in [0.15, 0.2) is 30.6 Å². The molecule has 5 nitrogen and oxygen atoms in total. The zero-order valence-corrected chi connectivity index (χ0v) is 13.1. The van der Waals surface area contributed by atoms with E-state index in [4.69, 9.17) is 5.73 Å². The van der Waals surface area contributed by atoms with Crippen molar-refractivity contribution in [2.75, 3.05) is 16.4 Å². The lowest BCUT2D eigenvalue weighted by atomic mass is 10.1. The van der Waals surface area contributed by atoms with Gasteiger partial charge in [-0.15, -0.1) is 0 Å². The summed E-state index contributed by atoms with van der Waals surface area (Å²) >= 11 is 0. The fraction of sp³-hybridized carbons (Fsp3) is 0.375. The van der Waals surface area contributed by atoms with Crippen molar-refractivity contribution in [3.05, 3.63) is 36.2 Å². The molecule has 0 amide bonds. The fourth-order valence-corrected chi connectivity index (χ4v) is 1.91. The minimum atomic E-state index is -0.109. The third kappa shape index (κ3) is 4.08. The number of rotatable bonds is 4. The molecule has 112 valence electrons. The van der Waals surface area contributed by atoms with E-state index in [1.165, 1.54) is 11.9 Å². The van der Waals surface area contributed by atoms with Gasteiger partial charge < -0.3 is 16.4 Å². The molecule has 2 rings (SSSR count). The van der Waals surface area contributed by atoms with Crippen molar-refractivity contribution in [1.29, 1.82) is 0 Å². The second-order valence-electron chi connectivity index (χ2n) is 6.04. The number of aromatic nitrogens is 2. The van der Waals surface area contributed by atoms with E-state index in [1.807, 2.05) is 12.1 Å². The molecule has 0 atom stereocenters. The quantitative estimate of drug-likeness (QED) is 0.800. The van der Waals surface area contributed by atoms with E-state index >= 15 is 0 Å². The van der Waals surface area contributed by atoms with Crippen LogP contribution in [0.2, 0.25) is 0 Å². The Bertz CT molecular complexity index is 599. The Balaban J connectivity index is 2.21. The van der Waals surface area contributed by atoms with Crippen LogP contribution in [0.25, 0.3) is 0 Å². The first-order chi connectivity index (χ1) is 9.89. The summed E-state index contributed by atoms with van der Waals surface area (Å²) in [6.45, 7) is 8.32. The van der Waals surface area contributed by atoms with Gasteiger partial charge in [0, 0.05) is 11.2 Å². The predicted octanol–water partition coefficient (Wildman–Crippen LogP) is 3.58. The van der Waals surface area contributed by atoms with Crippen molar-refractivity contribution in [1.82, 2.24) is 9.97 Å². The normalized spacial score (nSPS) is 11.2. The predicted molar refractivity (Wildman–Crippen MR) is 88.9 cm³/mol. The van der Waals surface area contributed by atoms with E-state index in [0.29, 0.717) is 17.3 Å². The standard InChI is InChI=1S/C16H23N5/c1-5-11-6-8-12(9-7-11)20-14-13(17)15(19-10-18-14)21-16(2,3)4/h6-10H,5,17H2,1-4H3,(H2,18,19,20,21). The lowest BCUT2D eigenvalue weighted by Gasteiger charge is -2.22. The second kappa shape index (κ2) is 5.99. The van der Waals surface area contributed by atoms with Gasteiger partial charge in [-0.25, -0.2) is 9.97 Å². The average molecular weight is 285 g/mol. The number of nitrogens with one attached hydrogen (secondary N) is 2. The summed E-state index contributed by atoms with van der Waals surface area (Å²) in [6, 6.07) is 8.23. The largest absolute Gasteiger partial charge is 0.393 e. The van der Waals surface area contributed by atoms with Crippen LogP contribution < -0.4 is 16.4 Å². The van der Waals surface area contributed by atoms with Crippen molar-refractivity contribution in [2.45, 2.75) is 39.7 Å². The molecular weight excluding hydrogens is 262 g/mol. The summed E-state index contributed by atoms with van der Waals surface area (Å²) in [5.41, 5.74) is 8.81. The van der Waals surface area contributed by atoms with Gasteiger partial charge in [-0.2, -0.15) is 0 Å². The van der Waals surface area contributed by atoms with E-state index in [1.54, 1.807) is 0 Å². The number of anilines is 4. The fourth-order valence-electron chi connectivity index (χ4n) is 1.91. The van der Waals surface area contributed by atoms with Gasteiger partial charge >= 0.3 is 0 Å². The lowest BCUT2D eigenvalue weighted by Crippen LogP contribution is -2.27. The molecule has 2 aromatic rings.